The van der Waals surface area contributed by atoms with Crippen molar-refractivity contribution in [1.29, 1.82) is 0 Å². The maximum absolute atomic E-state index is 13.6. The van der Waals surface area contributed by atoms with Gasteiger partial charge in [-0.05, 0) is 50.5 Å². The van der Waals surface area contributed by atoms with Crippen molar-refractivity contribution in [3.05, 3.63) is 47.3 Å². The number of amides is 2. The number of halogens is 3. The number of alkyl halides is 3. The van der Waals surface area contributed by atoms with Crippen LogP contribution in [0.1, 0.15) is 52.6 Å². The predicted molar refractivity (Wildman–Crippen MR) is 103 cm³/mol. The van der Waals surface area contributed by atoms with Gasteiger partial charge in [0.05, 0.1) is 18.5 Å². The number of hydrogen-bond acceptors (Lipinski definition) is 5. The third-order valence-electron chi connectivity index (χ3n) is 4.75. The zero-order chi connectivity index (χ0) is 22.6. The summed E-state index contributed by atoms with van der Waals surface area (Å²) in [5.74, 6) is -1.91. The first-order valence-corrected chi connectivity index (χ1v) is 9.73. The molecular formula is C20H21F3N4O4. The smallest absolute Gasteiger partial charge is 0.434 e. The molecule has 166 valence electrons. The Bertz CT molecular complexity index is 970. The quantitative estimate of drug-likeness (QED) is 0.699. The van der Waals surface area contributed by atoms with Crippen LogP contribution in [0, 0.1) is 0 Å². The number of rotatable bonds is 5. The Labute approximate surface area is 175 Å². The lowest BCUT2D eigenvalue weighted by molar-refractivity contribution is -0.143. The Kier molecular flexibility index (Phi) is 6.62. The van der Waals surface area contributed by atoms with Crippen molar-refractivity contribution in [2.45, 2.75) is 38.4 Å². The van der Waals surface area contributed by atoms with Gasteiger partial charge in [-0.3, -0.25) is 9.59 Å². The van der Waals surface area contributed by atoms with Crippen LogP contribution in [0.25, 0.3) is 5.69 Å². The molecule has 0 spiro atoms. The molecule has 0 saturated carbocycles. The summed E-state index contributed by atoms with van der Waals surface area (Å²) in [6.07, 6.45) is -1.95. The van der Waals surface area contributed by atoms with Gasteiger partial charge in [0.25, 0.3) is 5.91 Å². The van der Waals surface area contributed by atoms with Crippen LogP contribution in [0.2, 0.25) is 0 Å². The molecule has 2 aromatic rings. The summed E-state index contributed by atoms with van der Waals surface area (Å²) in [5.41, 5.74) is -1.78. The lowest BCUT2D eigenvalue weighted by atomic mass is 10.1. The summed E-state index contributed by atoms with van der Waals surface area (Å²) >= 11 is 0. The lowest BCUT2D eigenvalue weighted by Gasteiger charge is -2.16. The first kappa shape index (κ1) is 22.3. The van der Waals surface area contributed by atoms with E-state index >= 15 is 0 Å². The van der Waals surface area contributed by atoms with Crippen LogP contribution in [0.4, 0.5) is 13.2 Å². The molecule has 1 aliphatic heterocycles. The van der Waals surface area contributed by atoms with Crippen molar-refractivity contribution < 1.29 is 32.3 Å². The Hall–Kier alpha value is -3.37. The topological polar surface area (TPSA) is 102 Å². The normalized spacial score (nSPS) is 16.9. The Morgan fingerprint density at radius 1 is 1.26 bits per heavy atom. The first-order valence-electron chi connectivity index (χ1n) is 9.73. The second-order valence-electron chi connectivity index (χ2n) is 6.90. The summed E-state index contributed by atoms with van der Waals surface area (Å²) in [5, 5.41) is 9.04. The molecule has 8 nitrogen and oxygen atoms in total. The van der Waals surface area contributed by atoms with E-state index in [1.807, 2.05) is 0 Å². The third kappa shape index (κ3) is 5.04. The largest absolute Gasteiger partial charge is 0.462 e. The van der Waals surface area contributed by atoms with Gasteiger partial charge in [-0.15, -0.1) is 0 Å². The Morgan fingerprint density at radius 2 is 1.97 bits per heavy atom. The monoisotopic (exact) mass is 438 g/mol. The molecule has 1 aromatic carbocycles. The minimum absolute atomic E-state index is 0.00614. The van der Waals surface area contributed by atoms with Gasteiger partial charge >= 0.3 is 12.1 Å². The van der Waals surface area contributed by atoms with Crippen molar-refractivity contribution in [2.24, 2.45) is 0 Å². The maximum atomic E-state index is 13.6. The fourth-order valence-corrected chi connectivity index (χ4v) is 3.25. The number of carbonyl (C=O) groups is 3. The summed E-state index contributed by atoms with van der Waals surface area (Å²) in [6, 6.07) is 4.54. The van der Waals surface area contributed by atoms with Crippen LogP contribution in [0.5, 0.6) is 0 Å². The van der Waals surface area contributed by atoms with Gasteiger partial charge in [-0.2, -0.15) is 18.3 Å². The van der Waals surface area contributed by atoms with E-state index in [9.17, 15) is 27.6 Å². The lowest BCUT2D eigenvalue weighted by Crippen LogP contribution is -2.45. The molecule has 11 heteroatoms. The number of esters is 1. The fraction of sp³-hybridized carbons (Fsp3) is 0.400. The highest BCUT2D eigenvalue weighted by molar-refractivity contribution is 5.97. The molecule has 1 aromatic heterocycles. The van der Waals surface area contributed by atoms with Crippen LogP contribution < -0.4 is 10.6 Å². The molecule has 0 aliphatic carbocycles. The number of aromatic nitrogens is 2. The molecule has 3 rings (SSSR count). The van der Waals surface area contributed by atoms with E-state index in [1.54, 1.807) is 0 Å². The summed E-state index contributed by atoms with van der Waals surface area (Å²) in [7, 11) is 0. The number of hydrogen-bond donors (Lipinski definition) is 2. The highest BCUT2D eigenvalue weighted by Crippen LogP contribution is 2.34. The van der Waals surface area contributed by atoms with Gasteiger partial charge in [0, 0.05) is 12.1 Å². The molecule has 1 saturated heterocycles. The molecule has 1 atom stereocenters. The third-order valence-corrected chi connectivity index (χ3v) is 4.75. The second kappa shape index (κ2) is 9.19. The van der Waals surface area contributed by atoms with E-state index in [0.29, 0.717) is 17.6 Å². The van der Waals surface area contributed by atoms with Crippen molar-refractivity contribution in [2.75, 3.05) is 13.2 Å². The van der Waals surface area contributed by atoms with Crippen molar-refractivity contribution in [1.82, 2.24) is 20.4 Å². The fourth-order valence-electron chi connectivity index (χ4n) is 3.25. The summed E-state index contributed by atoms with van der Waals surface area (Å²) in [4.78, 5) is 36.3. The standard InChI is InChI=1S/C20H21F3N4O4/c1-2-31-19(30)14-11-25-27(16(14)20(21,22)23)13-8-6-12(7-9-13)17(28)26-15-5-3-4-10-24-18(15)29/h6-9,11,15H,2-5,10H2,1H3,(H,24,29)(H,26,28)/t15-/m1/s1. The molecule has 2 heterocycles. The van der Waals surface area contributed by atoms with E-state index in [0.717, 1.165) is 19.0 Å². The number of carbonyl (C=O) groups excluding carboxylic acids is 3. The van der Waals surface area contributed by atoms with E-state index in [2.05, 4.69) is 20.5 Å². The Balaban J connectivity index is 1.83. The van der Waals surface area contributed by atoms with Gasteiger partial charge in [-0.1, -0.05) is 0 Å². The van der Waals surface area contributed by atoms with Gasteiger partial charge in [0.2, 0.25) is 5.91 Å². The molecular weight excluding hydrogens is 417 g/mol. The Morgan fingerprint density at radius 3 is 2.61 bits per heavy atom. The number of nitrogens with one attached hydrogen (secondary N) is 2. The molecule has 0 bridgehead atoms. The summed E-state index contributed by atoms with van der Waals surface area (Å²) in [6.45, 7) is 1.96. The van der Waals surface area contributed by atoms with Crippen LogP contribution in [0.15, 0.2) is 30.5 Å². The van der Waals surface area contributed by atoms with Gasteiger partial charge < -0.3 is 15.4 Å². The molecule has 1 aliphatic rings. The SMILES string of the molecule is CCOC(=O)c1cnn(-c2ccc(C(=O)N[C@@H]3CCCCNC3=O)cc2)c1C(F)(F)F. The number of ether oxygens (including phenoxy) is 1. The number of nitrogens with zero attached hydrogens (tertiary/aromatic N) is 2. The van der Waals surface area contributed by atoms with Crippen molar-refractivity contribution >= 4 is 17.8 Å². The van der Waals surface area contributed by atoms with E-state index in [1.165, 1.54) is 31.2 Å². The van der Waals surface area contributed by atoms with Crippen molar-refractivity contribution in [3.8, 4) is 5.69 Å². The van der Waals surface area contributed by atoms with Crippen LogP contribution in [-0.4, -0.2) is 46.8 Å². The highest BCUT2D eigenvalue weighted by Gasteiger charge is 2.41. The van der Waals surface area contributed by atoms with E-state index < -0.39 is 35.4 Å². The molecule has 0 radical (unpaired) electrons. The van der Waals surface area contributed by atoms with E-state index in [4.69, 9.17) is 0 Å². The average molecular weight is 438 g/mol. The van der Waals surface area contributed by atoms with Crippen LogP contribution in [0.3, 0.4) is 0 Å². The average Bonchev–Trinajstić information content (AvgIpc) is 3.09. The molecule has 2 N–H and O–H groups in total. The zero-order valence-electron chi connectivity index (χ0n) is 16.7. The molecule has 1 fully saturated rings. The van der Waals surface area contributed by atoms with E-state index in [-0.39, 0.29) is 23.8 Å². The zero-order valence-corrected chi connectivity index (χ0v) is 16.7. The van der Waals surface area contributed by atoms with Gasteiger partial charge in [0.1, 0.15) is 11.6 Å². The van der Waals surface area contributed by atoms with Crippen LogP contribution in [-0.2, 0) is 15.7 Å². The van der Waals surface area contributed by atoms with Gasteiger partial charge in [-0.25, -0.2) is 9.48 Å². The molecule has 0 unspecified atom stereocenters. The molecule has 31 heavy (non-hydrogen) atoms. The highest BCUT2D eigenvalue weighted by atomic mass is 19.4. The minimum Gasteiger partial charge on any atom is -0.462 e. The maximum Gasteiger partial charge on any atom is 0.434 e. The first-order chi connectivity index (χ1) is 14.7. The number of benzene rings is 1. The van der Waals surface area contributed by atoms with Gasteiger partial charge in [0.15, 0.2) is 5.69 Å². The second-order valence-corrected chi connectivity index (χ2v) is 6.90. The predicted octanol–water partition coefficient (Wildman–Crippen LogP) is 2.47. The van der Waals surface area contributed by atoms with Crippen LogP contribution >= 0.6 is 0 Å². The summed E-state index contributed by atoms with van der Waals surface area (Å²) < 4.78 is 46.0. The molecule has 2 amide bonds. The van der Waals surface area contributed by atoms with Crippen molar-refractivity contribution in [3.63, 3.8) is 0 Å². The minimum atomic E-state index is -4.86.